The molecule has 2 amide bonds. The van der Waals surface area contributed by atoms with Crippen molar-refractivity contribution in [2.45, 2.75) is 19.4 Å². The van der Waals surface area contributed by atoms with E-state index in [0.717, 1.165) is 0 Å². The average molecular weight is 156 g/mol. The van der Waals surface area contributed by atoms with Gasteiger partial charge in [-0.1, -0.05) is 6.08 Å². The van der Waals surface area contributed by atoms with E-state index in [4.69, 9.17) is 5.73 Å². The molecule has 4 nitrogen and oxygen atoms in total. The molecule has 0 rings (SSSR count). The Labute approximate surface area is 65.5 Å². The minimum Gasteiger partial charge on any atom is -0.368 e. The van der Waals surface area contributed by atoms with Crippen LogP contribution in [-0.2, 0) is 9.59 Å². The zero-order valence-corrected chi connectivity index (χ0v) is 6.46. The number of nitrogens with one attached hydrogen (secondary N) is 1. The van der Waals surface area contributed by atoms with Crippen molar-refractivity contribution in [3.05, 3.63) is 12.7 Å². The first kappa shape index (κ1) is 9.68. The van der Waals surface area contributed by atoms with E-state index in [-0.39, 0.29) is 5.91 Å². The number of amides is 2. The summed E-state index contributed by atoms with van der Waals surface area (Å²) < 4.78 is 0. The highest BCUT2D eigenvalue weighted by Gasteiger charge is 2.13. The third kappa shape index (κ3) is 4.13. The fourth-order valence-corrected chi connectivity index (χ4v) is 0.658. The van der Waals surface area contributed by atoms with Crippen molar-refractivity contribution >= 4 is 11.8 Å². The van der Waals surface area contributed by atoms with Gasteiger partial charge in [-0.15, -0.1) is 6.58 Å². The van der Waals surface area contributed by atoms with E-state index in [9.17, 15) is 9.59 Å². The third-order valence-electron chi connectivity index (χ3n) is 1.12. The molecule has 0 radical (unpaired) electrons. The van der Waals surface area contributed by atoms with Crippen LogP contribution in [0.1, 0.15) is 13.3 Å². The van der Waals surface area contributed by atoms with Crippen LogP contribution in [0.4, 0.5) is 0 Å². The summed E-state index contributed by atoms with van der Waals surface area (Å²) in [6.07, 6.45) is 1.90. The molecule has 0 unspecified atom stereocenters. The summed E-state index contributed by atoms with van der Waals surface area (Å²) in [7, 11) is 0. The van der Waals surface area contributed by atoms with Crippen LogP contribution in [0.25, 0.3) is 0 Å². The van der Waals surface area contributed by atoms with E-state index in [1.54, 1.807) is 0 Å². The van der Waals surface area contributed by atoms with Gasteiger partial charge in [-0.25, -0.2) is 0 Å². The maximum absolute atomic E-state index is 10.6. The molecule has 0 bridgehead atoms. The molecule has 0 saturated heterocycles. The Morgan fingerprint density at radius 2 is 2.27 bits per heavy atom. The smallest absolute Gasteiger partial charge is 0.240 e. The maximum atomic E-state index is 10.6. The van der Waals surface area contributed by atoms with Gasteiger partial charge in [0, 0.05) is 6.92 Å². The Bertz CT molecular complexity index is 177. The number of carbonyl (C=O) groups excluding carboxylic acids is 2. The van der Waals surface area contributed by atoms with Crippen molar-refractivity contribution < 1.29 is 9.59 Å². The minimum absolute atomic E-state index is 0.268. The van der Waals surface area contributed by atoms with Crippen molar-refractivity contribution in [2.75, 3.05) is 0 Å². The van der Waals surface area contributed by atoms with E-state index in [0.29, 0.717) is 6.42 Å². The Morgan fingerprint density at radius 1 is 1.73 bits per heavy atom. The van der Waals surface area contributed by atoms with Crippen molar-refractivity contribution in [2.24, 2.45) is 5.73 Å². The SMILES string of the molecule is C=CC[C@@H](NC(C)=O)C(N)=O. The summed E-state index contributed by atoms with van der Waals surface area (Å²) >= 11 is 0. The quantitative estimate of drug-likeness (QED) is 0.541. The number of carbonyl (C=O) groups is 2. The van der Waals surface area contributed by atoms with Crippen LogP contribution in [-0.4, -0.2) is 17.9 Å². The monoisotopic (exact) mass is 156 g/mol. The summed E-state index contributed by atoms with van der Waals surface area (Å²) in [5, 5.41) is 2.40. The molecular weight excluding hydrogens is 144 g/mol. The van der Waals surface area contributed by atoms with Gasteiger partial charge < -0.3 is 11.1 Å². The first-order chi connectivity index (χ1) is 5.07. The van der Waals surface area contributed by atoms with E-state index < -0.39 is 11.9 Å². The van der Waals surface area contributed by atoms with Crippen molar-refractivity contribution in [1.82, 2.24) is 5.32 Å². The number of hydrogen-bond donors (Lipinski definition) is 2. The lowest BCUT2D eigenvalue weighted by molar-refractivity contribution is -0.126. The molecule has 62 valence electrons. The molecule has 4 heteroatoms. The second-order valence-corrected chi connectivity index (χ2v) is 2.18. The third-order valence-corrected chi connectivity index (χ3v) is 1.12. The number of rotatable bonds is 4. The van der Waals surface area contributed by atoms with Gasteiger partial charge in [0.2, 0.25) is 11.8 Å². The van der Waals surface area contributed by atoms with Crippen LogP contribution >= 0.6 is 0 Å². The van der Waals surface area contributed by atoms with Gasteiger partial charge in [-0.2, -0.15) is 0 Å². The molecule has 0 spiro atoms. The standard InChI is InChI=1S/C7H12N2O2/c1-3-4-6(7(8)11)9-5(2)10/h3,6H,1,4H2,2H3,(H2,8,11)(H,9,10)/t6-/m1/s1. The lowest BCUT2D eigenvalue weighted by atomic mass is 10.2. The van der Waals surface area contributed by atoms with Crippen LogP contribution in [0.5, 0.6) is 0 Å². The Morgan fingerprint density at radius 3 is 2.55 bits per heavy atom. The first-order valence-corrected chi connectivity index (χ1v) is 3.25. The Kier molecular flexibility index (Phi) is 3.95. The molecule has 3 N–H and O–H groups in total. The van der Waals surface area contributed by atoms with Crippen molar-refractivity contribution in [1.29, 1.82) is 0 Å². The molecule has 0 aromatic carbocycles. The van der Waals surface area contributed by atoms with Gasteiger partial charge in [-0.05, 0) is 6.42 Å². The molecule has 0 aliphatic heterocycles. The Hall–Kier alpha value is -1.32. The highest BCUT2D eigenvalue weighted by atomic mass is 16.2. The van der Waals surface area contributed by atoms with Crippen LogP contribution in [0.2, 0.25) is 0 Å². The zero-order valence-electron chi connectivity index (χ0n) is 6.46. The van der Waals surface area contributed by atoms with Crippen LogP contribution in [0.15, 0.2) is 12.7 Å². The normalized spacial score (nSPS) is 11.7. The number of primary amides is 1. The molecular formula is C7H12N2O2. The molecule has 0 fully saturated rings. The lowest BCUT2D eigenvalue weighted by Crippen LogP contribution is -2.43. The average Bonchev–Trinajstić information content (AvgIpc) is 1.86. The minimum atomic E-state index is -0.620. The molecule has 0 saturated carbocycles. The molecule has 0 aromatic rings. The summed E-state index contributed by atoms with van der Waals surface area (Å²) in [5.74, 6) is -0.809. The predicted molar refractivity (Wildman–Crippen MR) is 41.6 cm³/mol. The van der Waals surface area contributed by atoms with Crippen molar-refractivity contribution in [3.63, 3.8) is 0 Å². The topological polar surface area (TPSA) is 72.2 Å². The van der Waals surface area contributed by atoms with E-state index in [2.05, 4.69) is 11.9 Å². The molecule has 0 aliphatic rings. The fraction of sp³-hybridized carbons (Fsp3) is 0.429. The summed E-state index contributed by atoms with van der Waals surface area (Å²) in [5.41, 5.74) is 4.97. The highest BCUT2D eigenvalue weighted by molar-refractivity contribution is 5.85. The highest BCUT2D eigenvalue weighted by Crippen LogP contribution is 1.90. The predicted octanol–water partition coefficient (Wildman–Crippen LogP) is -0.448. The van der Waals surface area contributed by atoms with Gasteiger partial charge in [-0.3, -0.25) is 9.59 Å². The summed E-state index contributed by atoms with van der Waals surface area (Å²) in [6, 6.07) is -0.620. The fourth-order valence-electron chi connectivity index (χ4n) is 0.658. The second-order valence-electron chi connectivity index (χ2n) is 2.18. The van der Waals surface area contributed by atoms with Gasteiger partial charge in [0.25, 0.3) is 0 Å². The summed E-state index contributed by atoms with van der Waals surface area (Å²) in [4.78, 5) is 21.1. The van der Waals surface area contributed by atoms with Crippen LogP contribution in [0.3, 0.4) is 0 Å². The molecule has 0 aliphatic carbocycles. The largest absolute Gasteiger partial charge is 0.368 e. The summed E-state index contributed by atoms with van der Waals surface area (Å²) in [6.45, 7) is 4.76. The van der Waals surface area contributed by atoms with Gasteiger partial charge in [0.15, 0.2) is 0 Å². The van der Waals surface area contributed by atoms with Crippen LogP contribution in [0, 0.1) is 0 Å². The maximum Gasteiger partial charge on any atom is 0.240 e. The molecule has 0 aromatic heterocycles. The van der Waals surface area contributed by atoms with Gasteiger partial charge >= 0.3 is 0 Å². The van der Waals surface area contributed by atoms with Gasteiger partial charge in [0.05, 0.1) is 0 Å². The molecule has 0 heterocycles. The van der Waals surface area contributed by atoms with E-state index in [1.165, 1.54) is 13.0 Å². The lowest BCUT2D eigenvalue weighted by Gasteiger charge is -2.10. The molecule has 1 atom stereocenters. The number of nitrogens with two attached hydrogens (primary N) is 1. The Balaban J connectivity index is 3.99. The second kappa shape index (κ2) is 4.49. The zero-order chi connectivity index (χ0) is 8.85. The van der Waals surface area contributed by atoms with Crippen LogP contribution < -0.4 is 11.1 Å². The first-order valence-electron chi connectivity index (χ1n) is 3.25. The molecule has 11 heavy (non-hydrogen) atoms. The number of hydrogen-bond acceptors (Lipinski definition) is 2. The van der Waals surface area contributed by atoms with Crippen molar-refractivity contribution in [3.8, 4) is 0 Å². The van der Waals surface area contributed by atoms with Gasteiger partial charge in [0.1, 0.15) is 6.04 Å². The van der Waals surface area contributed by atoms with E-state index in [1.807, 2.05) is 0 Å². The van der Waals surface area contributed by atoms with E-state index >= 15 is 0 Å².